The van der Waals surface area contributed by atoms with Crippen LogP contribution in [-0.4, -0.2) is 75.6 Å². The van der Waals surface area contributed by atoms with Crippen LogP contribution in [0.5, 0.6) is 0 Å². The molecule has 1 fully saturated rings. The molecule has 1 heterocycles. The Labute approximate surface area is 160 Å². The van der Waals surface area contributed by atoms with E-state index in [0.717, 1.165) is 64.7 Å². The Balaban J connectivity index is 2.39. The SMILES string of the molecule is CCNC(=NCC(CCO)CC(C)C)NCC1CCN(CCOC)CC1. The van der Waals surface area contributed by atoms with E-state index in [1.165, 1.54) is 12.8 Å². The molecule has 0 aliphatic carbocycles. The topological polar surface area (TPSA) is 69.1 Å². The van der Waals surface area contributed by atoms with Crippen LogP contribution in [0, 0.1) is 17.8 Å². The molecule has 3 N–H and O–H groups in total. The van der Waals surface area contributed by atoms with Gasteiger partial charge in [0.15, 0.2) is 5.96 Å². The minimum Gasteiger partial charge on any atom is -0.396 e. The third kappa shape index (κ3) is 10.3. The summed E-state index contributed by atoms with van der Waals surface area (Å²) in [5.74, 6) is 2.72. The summed E-state index contributed by atoms with van der Waals surface area (Å²) in [4.78, 5) is 7.27. The van der Waals surface area contributed by atoms with E-state index < -0.39 is 0 Å². The molecule has 1 aliphatic rings. The first-order valence-corrected chi connectivity index (χ1v) is 10.4. The molecule has 1 atom stereocenters. The smallest absolute Gasteiger partial charge is 0.191 e. The average Bonchev–Trinajstić information content (AvgIpc) is 2.62. The third-order valence-electron chi connectivity index (χ3n) is 5.07. The number of aliphatic imine (C=N–C) groups is 1. The van der Waals surface area contributed by atoms with Crippen molar-refractivity contribution >= 4 is 5.96 Å². The highest BCUT2D eigenvalue weighted by molar-refractivity contribution is 5.79. The van der Waals surface area contributed by atoms with Crippen molar-refractivity contribution in [1.29, 1.82) is 0 Å². The monoisotopic (exact) mass is 370 g/mol. The Bertz CT molecular complexity index is 369. The molecule has 0 amide bonds. The van der Waals surface area contributed by atoms with Crippen molar-refractivity contribution in [1.82, 2.24) is 15.5 Å². The maximum absolute atomic E-state index is 9.28. The molecule has 0 spiro atoms. The molecule has 0 aromatic heterocycles. The summed E-state index contributed by atoms with van der Waals surface area (Å²) in [7, 11) is 1.77. The summed E-state index contributed by atoms with van der Waals surface area (Å²) >= 11 is 0. The molecule has 154 valence electrons. The predicted molar refractivity (Wildman–Crippen MR) is 110 cm³/mol. The lowest BCUT2D eigenvalue weighted by Gasteiger charge is -2.32. The quantitative estimate of drug-likeness (QED) is 0.362. The molecule has 0 bridgehead atoms. The van der Waals surface area contributed by atoms with Crippen molar-refractivity contribution in [3.8, 4) is 0 Å². The number of nitrogens with zero attached hydrogens (tertiary/aromatic N) is 2. The van der Waals surface area contributed by atoms with Crippen LogP contribution in [0.1, 0.15) is 46.5 Å². The predicted octanol–water partition coefficient (Wildman–Crippen LogP) is 1.94. The van der Waals surface area contributed by atoms with Gasteiger partial charge in [-0.1, -0.05) is 13.8 Å². The molecular formula is C20H42N4O2. The summed E-state index contributed by atoms with van der Waals surface area (Å²) < 4.78 is 5.17. The number of likely N-dealkylation sites (tertiary alicyclic amines) is 1. The van der Waals surface area contributed by atoms with Crippen LogP contribution in [0.25, 0.3) is 0 Å². The first-order chi connectivity index (χ1) is 12.6. The molecule has 1 aliphatic heterocycles. The van der Waals surface area contributed by atoms with Gasteiger partial charge >= 0.3 is 0 Å². The van der Waals surface area contributed by atoms with Crippen molar-refractivity contribution in [2.75, 3.05) is 59.6 Å². The number of guanidine groups is 1. The largest absolute Gasteiger partial charge is 0.396 e. The molecule has 26 heavy (non-hydrogen) atoms. The average molecular weight is 371 g/mol. The van der Waals surface area contributed by atoms with Crippen LogP contribution in [0.4, 0.5) is 0 Å². The van der Waals surface area contributed by atoms with Crippen molar-refractivity contribution in [2.24, 2.45) is 22.7 Å². The molecule has 0 aromatic rings. The molecule has 1 rings (SSSR count). The first kappa shape index (κ1) is 23.2. The number of hydrogen-bond donors (Lipinski definition) is 3. The Morgan fingerprint density at radius 3 is 2.58 bits per heavy atom. The highest BCUT2D eigenvalue weighted by Gasteiger charge is 2.19. The molecular weight excluding hydrogens is 328 g/mol. The van der Waals surface area contributed by atoms with E-state index in [2.05, 4.69) is 36.3 Å². The molecule has 0 saturated carbocycles. The van der Waals surface area contributed by atoms with Crippen LogP contribution >= 0.6 is 0 Å². The number of aliphatic hydroxyl groups is 1. The second kappa shape index (κ2) is 14.2. The maximum atomic E-state index is 9.28. The van der Waals surface area contributed by atoms with Crippen LogP contribution in [0.15, 0.2) is 4.99 Å². The number of hydrogen-bond acceptors (Lipinski definition) is 4. The van der Waals surface area contributed by atoms with Crippen LogP contribution in [0.2, 0.25) is 0 Å². The molecule has 6 heteroatoms. The molecule has 6 nitrogen and oxygen atoms in total. The van der Waals surface area contributed by atoms with Crippen molar-refractivity contribution < 1.29 is 9.84 Å². The number of methoxy groups -OCH3 is 1. The fourth-order valence-electron chi connectivity index (χ4n) is 3.57. The molecule has 0 radical (unpaired) electrons. The van der Waals surface area contributed by atoms with Gasteiger partial charge in [-0.15, -0.1) is 0 Å². The van der Waals surface area contributed by atoms with Gasteiger partial charge in [0.1, 0.15) is 0 Å². The van der Waals surface area contributed by atoms with Crippen molar-refractivity contribution in [2.45, 2.75) is 46.5 Å². The van der Waals surface area contributed by atoms with Crippen molar-refractivity contribution in [3.05, 3.63) is 0 Å². The second-order valence-corrected chi connectivity index (χ2v) is 7.89. The maximum Gasteiger partial charge on any atom is 0.191 e. The zero-order valence-electron chi connectivity index (χ0n) is 17.5. The van der Waals surface area contributed by atoms with E-state index in [1.807, 2.05) is 0 Å². The summed E-state index contributed by atoms with van der Waals surface area (Å²) in [5.41, 5.74) is 0. The number of ether oxygens (including phenoxy) is 1. The second-order valence-electron chi connectivity index (χ2n) is 7.89. The Hall–Kier alpha value is -0.850. The molecule has 1 unspecified atom stereocenters. The van der Waals surface area contributed by atoms with Gasteiger partial charge in [0.05, 0.1) is 6.61 Å². The van der Waals surface area contributed by atoms with E-state index in [9.17, 15) is 5.11 Å². The van der Waals surface area contributed by atoms with Gasteiger partial charge in [-0.3, -0.25) is 4.99 Å². The Morgan fingerprint density at radius 1 is 1.27 bits per heavy atom. The fourth-order valence-corrected chi connectivity index (χ4v) is 3.57. The fraction of sp³-hybridized carbons (Fsp3) is 0.950. The summed E-state index contributed by atoms with van der Waals surface area (Å²) in [6.07, 6.45) is 4.41. The molecule has 0 aromatic carbocycles. The highest BCUT2D eigenvalue weighted by atomic mass is 16.5. The van der Waals surface area contributed by atoms with Gasteiger partial charge in [0, 0.05) is 39.9 Å². The summed E-state index contributed by atoms with van der Waals surface area (Å²) in [5, 5.41) is 16.2. The minimum atomic E-state index is 0.249. The first-order valence-electron chi connectivity index (χ1n) is 10.4. The lowest BCUT2D eigenvalue weighted by atomic mass is 9.94. The third-order valence-corrected chi connectivity index (χ3v) is 5.07. The van der Waals surface area contributed by atoms with Crippen molar-refractivity contribution in [3.63, 3.8) is 0 Å². The van der Waals surface area contributed by atoms with Gasteiger partial charge in [0.2, 0.25) is 0 Å². The number of nitrogens with one attached hydrogen (secondary N) is 2. The van der Waals surface area contributed by atoms with Crippen LogP contribution in [-0.2, 0) is 4.74 Å². The van der Waals surface area contributed by atoms with Gasteiger partial charge in [-0.2, -0.15) is 0 Å². The lowest BCUT2D eigenvalue weighted by Crippen LogP contribution is -2.43. The number of piperidine rings is 1. The Morgan fingerprint density at radius 2 is 2.00 bits per heavy atom. The molecule has 1 saturated heterocycles. The summed E-state index contributed by atoms with van der Waals surface area (Å²) in [6.45, 7) is 13.6. The highest BCUT2D eigenvalue weighted by Crippen LogP contribution is 2.17. The van der Waals surface area contributed by atoms with E-state index in [0.29, 0.717) is 17.8 Å². The van der Waals surface area contributed by atoms with Gasteiger partial charge in [0.25, 0.3) is 0 Å². The standard InChI is InChI=1S/C20H42N4O2/c1-5-21-20(23-16-19(8-12-25)14-17(2)3)22-15-18-6-9-24(10-7-18)11-13-26-4/h17-19,25H,5-16H2,1-4H3,(H2,21,22,23). The normalized spacial score (nSPS) is 18.3. The summed E-state index contributed by atoms with van der Waals surface area (Å²) in [6, 6.07) is 0. The zero-order valence-corrected chi connectivity index (χ0v) is 17.5. The van der Waals surface area contributed by atoms with E-state index in [4.69, 9.17) is 9.73 Å². The van der Waals surface area contributed by atoms with E-state index >= 15 is 0 Å². The van der Waals surface area contributed by atoms with Gasteiger partial charge in [-0.05, 0) is 63.5 Å². The Kier molecular flexibility index (Phi) is 12.7. The van der Waals surface area contributed by atoms with Crippen LogP contribution < -0.4 is 10.6 Å². The van der Waals surface area contributed by atoms with E-state index in [-0.39, 0.29) is 6.61 Å². The lowest BCUT2D eigenvalue weighted by molar-refractivity contribution is 0.121. The van der Waals surface area contributed by atoms with Crippen LogP contribution in [0.3, 0.4) is 0 Å². The minimum absolute atomic E-state index is 0.249. The number of aliphatic hydroxyl groups excluding tert-OH is 1. The zero-order chi connectivity index (χ0) is 19.2. The van der Waals surface area contributed by atoms with Gasteiger partial charge < -0.3 is 25.4 Å². The van der Waals surface area contributed by atoms with E-state index in [1.54, 1.807) is 7.11 Å². The number of rotatable bonds is 12. The van der Waals surface area contributed by atoms with Gasteiger partial charge in [-0.25, -0.2) is 0 Å².